The maximum Gasteiger partial charge on any atom is 0.335 e. The summed E-state index contributed by atoms with van der Waals surface area (Å²) in [5.74, 6) is -3.66. The molecule has 10 nitrogen and oxygen atoms in total. The Morgan fingerprint density at radius 2 is 1.92 bits per heavy atom. The van der Waals surface area contributed by atoms with Crippen LogP contribution in [0.2, 0.25) is 0 Å². The van der Waals surface area contributed by atoms with Crippen LogP contribution in [-0.4, -0.2) is 44.6 Å². The summed E-state index contributed by atoms with van der Waals surface area (Å²) in [6.07, 6.45) is 2.02. The highest BCUT2D eigenvalue weighted by Gasteiger charge is 2.29. The van der Waals surface area contributed by atoms with E-state index in [1.165, 1.54) is 37.4 Å². The lowest BCUT2D eigenvalue weighted by atomic mass is 9.98. The number of carboxylic acid groups (broad SMARTS) is 1. The van der Waals surface area contributed by atoms with Crippen LogP contribution in [0.3, 0.4) is 0 Å². The van der Waals surface area contributed by atoms with Crippen molar-refractivity contribution >= 4 is 23.4 Å². The lowest BCUT2D eigenvalue weighted by molar-refractivity contribution is 0.0695. The molecule has 0 aliphatic heterocycles. The summed E-state index contributed by atoms with van der Waals surface area (Å²) in [4.78, 5) is 41.8. The van der Waals surface area contributed by atoms with Gasteiger partial charge in [-0.25, -0.2) is 23.1 Å². The lowest BCUT2D eigenvalue weighted by Gasteiger charge is -2.16. The van der Waals surface area contributed by atoms with Crippen molar-refractivity contribution in [3.8, 4) is 5.75 Å². The van der Waals surface area contributed by atoms with Crippen molar-refractivity contribution in [2.24, 2.45) is 0 Å². The molecule has 0 radical (unpaired) electrons. The molecule has 0 unspecified atom stereocenters. The number of aromatic carboxylic acids is 1. The minimum Gasteiger partial charge on any atom is -0.494 e. The van der Waals surface area contributed by atoms with E-state index in [0.717, 1.165) is 21.8 Å². The maximum atomic E-state index is 14.4. The van der Waals surface area contributed by atoms with Crippen molar-refractivity contribution in [2.75, 3.05) is 7.11 Å². The Morgan fingerprint density at radius 3 is 2.67 bits per heavy atom. The van der Waals surface area contributed by atoms with Gasteiger partial charge in [0, 0.05) is 12.6 Å². The van der Waals surface area contributed by atoms with E-state index in [0.29, 0.717) is 24.0 Å². The van der Waals surface area contributed by atoms with Gasteiger partial charge in [0.05, 0.1) is 24.9 Å². The van der Waals surface area contributed by atoms with Crippen LogP contribution in [0.25, 0.3) is 5.65 Å². The Morgan fingerprint density at radius 1 is 1.13 bits per heavy atom. The molecule has 1 atom stereocenters. The smallest absolute Gasteiger partial charge is 0.335 e. The van der Waals surface area contributed by atoms with Crippen molar-refractivity contribution in [1.82, 2.24) is 25.2 Å². The monoisotopic (exact) mass is 535 g/mol. The molecule has 2 amide bonds. The number of rotatable bonds is 7. The molecule has 5 rings (SSSR count). The Bertz CT molecular complexity index is 1650. The molecular weight excluding hydrogens is 512 g/mol. The Labute approximate surface area is 220 Å². The Hall–Kier alpha value is -4.87. The minimum atomic E-state index is -1.02. The summed E-state index contributed by atoms with van der Waals surface area (Å²) in [5, 5.41) is 18.8. The zero-order valence-electron chi connectivity index (χ0n) is 20.9. The number of hydrogen-bond donors (Lipinski definition) is 3. The minimum absolute atomic E-state index is 0.00213. The van der Waals surface area contributed by atoms with E-state index in [2.05, 4.69) is 20.7 Å². The number of ether oxygens (including phenoxy) is 1. The van der Waals surface area contributed by atoms with Gasteiger partial charge in [-0.05, 0) is 60.2 Å². The molecule has 3 N–H and O–H groups in total. The van der Waals surface area contributed by atoms with Crippen molar-refractivity contribution in [1.29, 1.82) is 0 Å². The SMILES string of the molecule is COc1cc(CNC(=O)c2cc(C(=O)N[C@H]3CCc4c3ccc(C(=O)O)c4C)n3ncc(F)c3n2)ccc1F. The molecule has 2 aromatic carbocycles. The first-order chi connectivity index (χ1) is 18.7. The molecule has 39 heavy (non-hydrogen) atoms. The van der Waals surface area contributed by atoms with Crippen molar-refractivity contribution in [3.05, 3.63) is 93.4 Å². The fourth-order valence-electron chi connectivity index (χ4n) is 4.80. The zero-order chi connectivity index (χ0) is 27.8. The lowest BCUT2D eigenvalue weighted by Crippen LogP contribution is -2.30. The maximum absolute atomic E-state index is 14.4. The van der Waals surface area contributed by atoms with E-state index in [4.69, 9.17) is 4.74 Å². The standard InChI is InChI=1S/C27H23F2N5O5/c1-13-15-6-8-20(17(15)5-4-16(13)27(37)38)33-26(36)22-10-21(32-24-19(29)12-31-34(22)24)25(35)30-11-14-3-7-18(28)23(9-14)39-2/h3-5,7,9-10,12,20H,6,8,11H2,1-2H3,(H,30,35)(H,33,36)(H,37,38)/t20-/m0/s1. The molecule has 0 bridgehead atoms. The predicted molar refractivity (Wildman–Crippen MR) is 134 cm³/mol. The second-order valence-electron chi connectivity index (χ2n) is 9.08. The normalized spacial score (nSPS) is 14.2. The van der Waals surface area contributed by atoms with Crippen molar-refractivity contribution in [2.45, 2.75) is 32.4 Å². The molecule has 2 heterocycles. The van der Waals surface area contributed by atoms with E-state index in [-0.39, 0.29) is 34.9 Å². The number of halogens is 2. The number of methoxy groups -OCH3 is 1. The summed E-state index contributed by atoms with van der Waals surface area (Å²) in [7, 11) is 1.32. The number of carbonyl (C=O) groups is 3. The van der Waals surface area contributed by atoms with Crippen LogP contribution in [0.1, 0.15) is 66.1 Å². The van der Waals surface area contributed by atoms with Gasteiger partial charge in [0.25, 0.3) is 11.8 Å². The van der Waals surface area contributed by atoms with E-state index in [1.807, 2.05) is 0 Å². The van der Waals surface area contributed by atoms with Crippen LogP contribution < -0.4 is 15.4 Å². The van der Waals surface area contributed by atoms with E-state index in [1.54, 1.807) is 13.0 Å². The van der Waals surface area contributed by atoms with Gasteiger partial charge in [0.2, 0.25) is 0 Å². The zero-order valence-corrected chi connectivity index (χ0v) is 20.9. The molecule has 0 saturated heterocycles. The first-order valence-electron chi connectivity index (χ1n) is 12.0. The second-order valence-corrected chi connectivity index (χ2v) is 9.08. The third kappa shape index (κ3) is 4.76. The molecular formula is C27H23F2N5O5. The largest absolute Gasteiger partial charge is 0.494 e. The van der Waals surface area contributed by atoms with Crippen molar-refractivity contribution < 1.29 is 33.0 Å². The summed E-state index contributed by atoms with van der Waals surface area (Å²) < 4.78 is 34.1. The fraction of sp³-hybridized carbons (Fsp3) is 0.222. The van der Waals surface area contributed by atoms with Gasteiger partial charge in [-0.3, -0.25) is 9.59 Å². The number of nitrogens with one attached hydrogen (secondary N) is 2. The highest BCUT2D eigenvalue weighted by Crippen LogP contribution is 2.35. The molecule has 1 aliphatic carbocycles. The first-order valence-corrected chi connectivity index (χ1v) is 12.0. The number of aromatic nitrogens is 3. The topological polar surface area (TPSA) is 135 Å². The average Bonchev–Trinajstić information content (AvgIpc) is 3.51. The van der Waals surface area contributed by atoms with Crippen molar-refractivity contribution in [3.63, 3.8) is 0 Å². The quantitative estimate of drug-likeness (QED) is 0.330. The summed E-state index contributed by atoms with van der Waals surface area (Å²) in [5.41, 5.74) is 2.45. The van der Waals surface area contributed by atoms with Gasteiger partial charge in [-0.1, -0.05) is 12.1 Å². The van der Waals surface area contributed by atoms with Crippen LogP contribution in [0.4, 0.5) is 8.78 Å². The van der Waals surface area contributed by atoms with Crippen LogP contribution in [0.5, 0.6) is 5.75 Å². The summed E-state index contributed by atoms with van der Waals surface area (Å²) in [6, 6.07) is 8.11. The van der Waals surface area contributed by atoms with Crippen LogP contribution >= 0.6 is 0 Å². The number of carboxylic acids is 1. The van der Waals surface area contributed by atoms with E-state index < -0.39 is 35.5 Å². The van der Waals surface area contributed by atoms with E-state index in [9.17, 15) is 28.3 Å². The Kier molecular flexibility index (Phi) is 6.69. The molecule has 0 fully saturated rings. The molecule has 200 valence electrons. The van der Waals surface area contributed by atoms with E-state index >= 15 is 0 Å². The predicted octanol–water partition coefficient (Wildman–Crippen LogP) is 3.37. The molecule has 1 aliphatic rings. The number of fused-ring (bicyclic) bond motifs is 2. The number of hydrogen-bond acceptors (Lipinski definition) is 6. The molecule has 0 spiro atoms. The van der Waals surface area contributed by atoms with Crippen LogP contribution in [-0.2, 0) is 13.0 Å². The first kappa shape index (κ1) is 25.8. The van der Waals surface area contributed by atoms with Gasteiger partial charge in [0.15, 0.2) is 23.0 Å². The van der Waals surface area contributed by atoms with Gasteiger partial charge in [-0.15, -0.1) is 0 Å². The molecule has 2 aromatic heterocycles. The number of benzene rings is 2. The van der Waals surface area contributed by atoms with Gasteiger partial charge in [0.1, 0.15) is 11.4 Å². The van der Waals surface area contributed by atoms with Gasteiger partial charge >= 0.3 is 5.97 Å². The molecule has 4 aromatic rings. The third-order valence-electron chi connectivity index (χ3n) is 6.79. The molecule has 12 heteroatoms. The number of nitrogens with zero attached hydrogens (tertiary/aromatic N) is 3. The van der Waals surface area contributed by atoms with Crippen LogP contribution in [0.15, 0.2) is 42.6 Å². The summed E-state index contributed by atoms with van der Waals surface area (Å²) >= 11 is 0. The Balaban J connectivity index is 1.40. The highest BCUT2D eigenvalue weighted by atomic mass is 19.1. The number of carbonyl (C=O) groups excluding carboxylic acids is 2. The highest BCUT2D eigenvalue weighted by molar-refractivity contribution is 5.98. The van der Waals surface area contributed by atoms with Crippen LogP contribution in [0, 0.1) is 18.6 Å². The fourth-order valence-corrected chi connectivity index (χ4v) is 4.80. The van der Waals surface area contributed by atoms with Gasteiger partial charge in [-0.2, -0.15) is 5.10 Å². The molecule has 0 saturated carbocycles. The average molecular weight is 536 g/mol. The van der Waals surface area contributed by atoms with Gasteiger partial charge < -0.3 is 20.5 Å². The second kappa shape index (κ2) is 10.1. The third-order valence-corrected chi connectivity index (χ3v) is 6.79. The number of amides is 2. The summed E-state index contributed by atoms with van der Waals surface area (Å²) in [6.45, 7) is 1.74.